The smallest absolute Gasteiger partial charge is 0.0958 e. The lowest BCUT2D eigenvalue weighted by atomic mass is 9.97. The van der Waals surface area contributed by atoms with E-state index in [-0.39, 0.29) is 0 Å². The number of para-hydroxylation sites is 2. The molecule has 3 rings (SSSR count). The topological polar surface area (TPSA) is 21.1 Å². The monoisotopic (exact) mass is 271 g/mol. The van der Waals surface area contributed by atoms with E-state index in [9.17, 15) is 0 Å². The molecule has 0 bridgehead atoms. The Kier molecular flexibility index (Phi) is 4.06. The van der Waals surface area contributed by atoms with Crippen molar-refractivity contribution in [2.45, 2.75) is 33.2 Å². The molecule has 1 atom stereocenters. The average molecular weight is 271 g/mol. The van der Waals surface area contributed by atoms with Crippen molar-refractivity contribution in [1.82, 2.24) is 14.5 Å². The average Bonchev–Trinajstić information content (AvgIpc) is 2.82. The van der Waals surface area contributed by atoms with Crippen molar-refractivity contribution in [1.29, 1.82) is 0 Å². The van der Waals surface area contributed by atoms with Gasteiger partial charge in [-0.05, 0) is 43.4 Å². The van der Waals surface area contributed by atoms with E-state index in [4.69, 9.17) is 0 Å². The molecule has 0 unspecified atom stereocenters. The summed E-state index contributed by atoms with van der Waals surface area (Å²) in [4.78, 5) is 7.14. The fourth-order valence-corrected chi connectivity index (χ4v) is 3.42. The Hall–Kier alpha value is -1.35. The quantitative estimate of drug-likeness (QED) is 0.849. The zero-order chi connectivity index (χ0) is 13.9. The Balaban J connectivity index is 1.68. The van der Waals surface area contributed by atoms with E-state index >= 15 is 0 Å². The third-order valence-corrected chi connectivity index (χ3v) is 4.21. The van der Waals surface area contributed by atoms with Crippen LogP contribution in [0, 0.1) is 11.8 Å². The van der Waals surface area contributed by atoms with Gasteiger partial charge >= 0.3 is 0 Å². The maximum Gasteiger partial charge on any atom is 0.0958 e. The summed E-state index contributed by atoms with van der Waals surface area (Å²) >= 11 is 0. The molecule has 2 aromatic rings. The third-order valence-electron chi connectivity index (χ3n) is 4.21. The van der Waals surface area contributed by atoms with Gasteiger partial charge in [0.05, 0.1) is 17.4 Å². The second-order valence-corrected chi connectivity index (χ2v) is 6.55. The predicted molar refractivity (Wildman–Crippen MR) is 83.7 cm³/mol. The van der Waals surface area contributed by atoms with Crippen LogP contribution in [0.15, 0.2) is 30.6 Å². The number of hydrogen-bond acceptors (Lipinski definition) is 2. The molecule has 1 aliphatic rings. The fourth-order valence-electron chi connectivity index (χ4n) is 3.42. The van der Waals surface area contributed by atoms with Crippen molar-refractivity contribution in [2.75, 3.05) is 19.6 Å². The molecular weight excluding hydrogens is 246 g/mol. The molecule has 20 heavy (non-hydrogen) atoms. The Bertz CT molecular complexity index is 558. The van der Waals surface area contributed by atoms with Crippen LogP contribution in [-0.2, 0) is 6.54 Å². The maximum atomic E-state index is 4.50. The van der Waals surface area contributed by atoms with Gasteiger partial charge in [0.15, 0.2) is 0 Å². The van der Waals surface area contributed by atoms with Crippen LogP contribution in [0.5, 0.6) is 0 Å². The maximum absolute atomic E-state index is 4.50. The van der Waals surface area contributed by atoms with Crippen molar-refractivity contribution in [3.8, 4) is 0 Å². The van der Waals surface area contributed by atoms with Gasteiger partial charge in [0, 0.05) is 19.6 Å². The summed E-state index contributed by atoms with van der Waals surface area (Å²) in [7, 11) is 0. The van der Waals surface area contributed by atoms with Crippen molar-refractivity contribution >= 4 is 11.0 Å². The number of aromatic nitrogens is 2. The van der Waals surface area contributed by atoms with Gasteiger partial charge in [0.25, 0.3) is 0 Å². The molecule has 0 aliphatic carbocycles. The minimum atomic E-state index is 0.764. The first-order valence-electron chi connectivity index (χ1n) is 7.84. The Morgan fingerprint density at radius 1 is 1.30 bits per heavy atom. The molecule has 108 valence electrons. The predicted octanol–water partition coefficient (Wildman–Crippen LogP) is 3.40. The van der Waals surface area contributed by atoms with Gasteiger partial charge in [0.1, 0.15) is 0 Å². The number of benzene rings is 1. The molecule has 0 amide bonds. The number of piperidine rings is 1. The number of hydrogen-bond donors (Lipinski definition) is 0. The summed E-state index contributed by atoms with van der Waals surface area (Å²) < 4.78 is 2.33. The van der Waals surface area contributed by atoms with E-state index in [1.807, 2.05) is 6.33 Å². The van der Waals surface area contributed by atoms with E-state index in [1.54, 1.807) is 0 Å². The second kappa shape index (κ2) is 5.96. The highest BCUT2D eigenvalue weighted by atomic mass is 15.1. The molecule has 1 aromatic carbocycles. The van der Waals surface area contributed by atoms with Crippen LogP contribution < -0.4 is 0 Å². The van der Waals surface area contributed by atoms with Crippen molar-refractivity contribution < 1.29 is 0 Å². The zero-order valence-electron chi connectivity index (χ0n) is 12.6. The van der Waals surface area contributed by atoms with Gasteiger partial charge in [-0.3, -0.25) is 0 Å². The molecule has 1 saturated heterocycles. The molecule has 0 N–H and O–H groups in total. The zero-order valence-corrected chi connectivity index (χ0v) is 12.6. The lowest BCUT2D eigenvalue weighted by molar-refractivity contribution is 0.149. The highest BCUT2D eigenvalue weighted by Gasteiger charge is 2.21. The fraction of sp³-hybridized carbons (Fsp3) is 0.588. The SMILES string of the molecule is CC(C)CN1CCC[C@H](Cn2cnc3ccccc32)C1. The molecule has 0 saturated carbocycles. The number of nitrogens with zero attached hydrogens (tertiary/aromatic N) is 3. The summed E-state index contributed by atoms with van der Waals surface area (Å²) in [6.07, 6.45) is 4.69. The van der Waals surface area contributed by atoms with E-state index in [0.717, 1.165) is 23.9 Å². The van der Waals surface area contributed by atoms with Crippen molar-refractivity contribution in [3.05, 3.63) is 30.6 Å². The number of fused-ring (bicyclic) bond motifs is 1. The van der Waals surface area contributed by atoms with E-state index in [2.05, 4.69) is 52.6 Å². The molecule has 0 spiro atoms. The summed E-state index contributed by atoms with van der Waals surface area (Å²) in [5, 5.41) is 0. The van der Waals surface area contributed by atoms with Gasteiger partial charge < -0.3 is 9.47 Å². The molecule has 2 heterocycles. The van der Waals surface area contributed by atoms with Gasteiger partial charge in [-0.1, -0.05) is 26.0 Å². The summed E-state index contributed by atoms with van der Waals surface area (Å²) in [6.45, 7) is 9.49. The molecule has 0 radical (unpaired) electrons. The summed E-state index contributed by atoms with van der Waals surface area (Å²) in [5.41, 5.74) is 2.39. The van der Waals surface area contributed by atoms with Gasteiger partial charge in [-0.15, -0.1) is 0 Å². The van der Waals surface area contributed by atoms with Crippen LogP contribution in [0.2, 0.25) is 0 Å². The van der Waals surface area contributed by atoms with E-state index in [0.29, 0.717) is 0 Å². The molecule has 1 fully saturated rings. The number of rotatable bonds is 4. The molecule has 3 nitrogen and oxygen atoms in total. The van der Waals surface area contributed by atoms with Crippen LogP contribution in [0.3, 0.4) is 0 Å². The first-order valence-corrected chi connectivity index (χ1v) is 7.84. The van der Waals surface area contributed by atoms with Crippen molar-refractivity contribution in [3.63, 3.8) is 0 Å². The van der Waals surface area contributed by atoms with Crippen molar-refractivity contribution in [2.24, 2.45) is 11.8 Å². The van der Waals surface area contributed by atoms with Crippen LogP contribution in [0.25, 0.3) is 11.0 Å². The number of likely N-dealkylation sites (tertiary alicyclic amines) is 1. The Morgan fingerprint density at radius 3 is 3.00 bits per heavy atom. The first-order chi connectivity index (χ1) is 9.72. The lowest BCUT2D eigenvalue weighted by Gasteiger charge is -2.34. The van der Waals surface area contributed by atoms with E-state index < -0.39 is 0 Å². The Morgan fingerprint density at radius 2 is 2.15 bits per heavy atom. The third kappa shape index (κ3) is 3.04. The van der Waals surface area contributed by atoms with Gasteiger partial charge in [0.2, 0.25) is 0 Å². The molecular formula is C17H25N3. The van der Waals surface area contributed by atoms with Gasteiger partial charge in [-0.2, -0.15) is 0 Å². The lowest BCUT2D eigenvalue weighted by Crippen LogP contribution is -2.39. The normalized spacial score (nSPS) is 20.9. The molecule has 1 aromatic heterocycles. The molecule has 1 aliphatic heterocycles. The van der Waals surface area contributed by atoms with Crippen LogP contribution in [0.1, 0.15) is 26.7 Å². The van der Waals surface area contributed by atoms with E-state index in [1.165, 1.54) is 38.0 Å². The summed E-state index contributed by atoms with van der Waals surface area (Å²) in [5.74, 6) is 1.53. The van der Waals surface area contributed by atoms with Crippen LogP contribution in [-0.4, -0.2) is 34.1 Å². The second-order valence-electron chi connectivity index (χ2n) is 6.55. The first kappa shape index (κ1) is 13.6. The number of imidazole rings is 1. The Labute approximate surface area is 121 Å². The molecule has 3 heteroatoms. The summed E-state index contributed by atoms with van der Waals surface area (Å²) in [6, 6.07) is 8.44. The minimum absolute atomic E-state index is 0.764. The highest BCUT2D eigenvalue weighted by molar-refractivity contribution is 5.74. The standard InChI is InChI=1S/C17H25N3/c1-14(2)10-19-9-5-6-15(11-19)12-20-13-18-16-7-3-4-8-17(16)20/h3-4,7-8,13-15H,5-6,9-12H2,1-2H3/t15-/m0/s1. The highest BCUT2D eigenvalue weighted by Crippen LogP contribution is 2.21. The van der Waals surface area contributed by atoms with Gasteiger partial charge in [-0.25, -0.2) is 4.98 Å². The van der Waals surface area contributed by atoms with Crippen LogP contribution >= 0.6 is 0 Å². The largest absolute Gasteiger partial charge is 0.330 e. The minimum Gasteiger partial charge on any atom is -0.330 e. The van der Waals surface area contributed by atoms with Crippen LogP contribution in [0.4, 0.5) is 0 Å².